The predicted octanol–water partition coefficient (Wildman–Crippen LogP) is 8.45. The first-order chi connectivity index (χ1) is 24.1. The second-order valence-corrected chi connectivity index (χ2v) is 30.5. The van der Waals surface area contributed by atoms with Crippen LogP contribution in [0.4, 0.5) is 0 Å². The average Bonchev–Trinajstić information content (AvgIpc) is 3.03. The van der Waals surface area contributed by atoms with Gasteiger partial charge in [-0.05, 0) is 29.6 Å². The highest BCUT2D eigenvalue weighted by atomic mass is 28.4. The van der Waals surface area contributed by atoms with Gasteiger partial charge in [0.15, 0.2) is 14.1 Å². The lowest BCUT2D eigenvalue weighted by Gasteiger charge is -2.59. The molecule has 0 aromatic rings. The molecule has 4 rings (SSSR count). The second-order valence-electron chi connectivity index (χ2n) is 21.0. The van der Waals surface area contributed by atoms with Crippen LogP contribution in [0.5, 0.6) is 0 Å². The Morgan fingerprint density at radius 3 is 2.09 bits per heavy atom. The van der Waals surface area contributed by atoms with Gasteiger partial charge in [0.25, 0.3) is 0 Å². The minimum atomic E-state index is -2.70. The number of rotatable bonds is 11. The maximum Gasteiger partial charge on any atom is 0.349 e. The Balaban J connectivity index is 1.56. The van der Waals surface area contributed by atoms with Gasteiger partial charge in [-0.15, -0.1) is 0 Å². The molecule has 0 saturated carbocycles. The summed E-state index contributed by atoms with van der Waals surface area (Å²) in [6, 6.07) is 0. The number of methoxy groups -OCH3 is 1. The molecular formula is C41H76O10Si2. The third kappa shape index (κ3) is 9.72. The highest BCUT2D eigenvalue weighted by molar-refractivity contribution is 6.74. The Bertz CT molecular complexity index is 1260. The molecule has 0 radical (unpaired) electrons. The third-order valence-electron chi connectivity index (χ3n) is 12.8. The van der Waals surface area contributed by atoms with Crippen LogP contribution in [0.25, 0.3) is 0 Å². The Morgan fingerprint density at radius 2 is 1.57 bits per heavy atom. The monoisotopic (exact) mass is 784 g/mol. The molecule has 1 N–H and O–H groups in total. The number of hydrogen-bond donors (Lipinski definition) is 1. The van der Waals surface area contributed by atoms with E-state index in [1.54, 1.807) is 0 Å². The van der Waals surface area contributed by atoms with Crippen LogP contribution >= 0.6 is 0 Å². The molecule has 1 unspecified atom stereocenters. The number of aliphatic hydroxyl groups is 1. The summed E-state index contributed by atoms with van der Waals surface area (Å²) in [6.07, 6.45) is -0.216. The van der Waals surface area contributed by atoms with Crippen LogP contribution in [-0.2, 0) is 41.8 Å². The lowest BCUT2D eigenvalue weighted by molar-refractivity contribution is -0.307. The van der Waals surface area contributed by atoms with Crippen LogP contribution in [0.3, 0.4) is 0 Å². The molecule has 12 heteroatoms. The number of carbonyl (C=O) groups is 1. The van der Waals surface area contributed by atoms with Gasteiger partial charge in [0, 0.05) is 47.1 Å². The molecule has 308 valence electrons. The van der Waals surface area contributed by atoms with Crippen LogP contribution in [0.15, 0.2) is 12.2 Å². The van der Waals surface area contributed by atoms with Gasteiger partial charge >= 0.3 is 14.5 Å². The van der Waals surface area contributed by atoms with E-state index >= 15 is 0 Å². The molecule has 0 amide bonds. The summed E-state index contributed by atoms with van der Waals surface area (Å²) in [7, 11) is -3.57. The van der Waals surface area contributed by atoms with Crippen LogP contribution in [0, 0.1) is 17.3 Å². The molecule has 9 atom stereocenters. The quantitative estimate of drug-likeness (QED) is 0.125. The predicted molar refractivity (Wildman–Crippen MR) is 212 cm³/mol. The van der Waals surface area contributed by atoms with Gasteiger partial charge in [0.05, 0.1) is 70.0 Å². The van der Waals surface area contributed by atoms with Crippen molar-refractivity contribution in [1.82, 2.24) is 0 Å². The normalized spacial score (nSPS) is 32.9. The maximum atomic E-state index is 12.2. The molecule has 0 aromatic carbocycles. The third-order valence-corrected chi connectivity index (χ3v) is 22.5. The molecule has 0 aromatic heterocycles. The van der Waals surface area contributed by atoms with E-state index in [9.17, 15) is 9.90 Å². The van der Waals surface area contributed by atoms with Crippen molar-refractivity contribution in [3.8, 4) is 0 Å². The zero-order chi connectivity index (χ0) is 40.2. The summed E-state index contributed by atoms with van der Waals surface area (Å²) in [6.45, 7) is 39.1. The lowest BCUT2D eigenvalue weighted by atomic mass is 9.80. The van der Waals surface area contributed by atoms with Crippen molar-refractivity contribution in [3.63, 3.8) is 0 Å². The van der Waals surface area contributed by atoms with Crippen LogP contribution in [0.1, 0.15) is 122 Å². The maximum absolute atomic E-state index is 12.2. The van der Waals surface area contributed by atoms with Crippen LogP contribution < -0.4 is 0 Å². The van der Waals surface area contributed by atoms with Gasteiger partial charge in [0.1, 0.15) is 6.10 Å². The van der Waals surface area contributed by atoms with E-state index in [1.807, 2.05) is 6.92 Å². The zero-order valence-corrected chi connectivity index (χ0v) is 38.2. The van der Waals surface area contributed by atoms with Crippen molar-refractivity contribution in [2.45, 2.75) is 199 Å². The van der Waals surface area contributed by atoms with Crippen molar-refractivity contribution in [3.05, 3.63) is 12.2 Å². The average molecular weight is 785 g/mol. The fourth-order valence-corrected chi connectivity index (χ4v) is 15.0. The first-order valence-electron chi connectivity index (χ1n) is 20.1. The van der Waals surface area contributed by atoms with E-state index in [1.165, 1.54) is 7.11 Å². The van der Waals surface area contributed by atoms with E-state index in [2.05, 4.69) is 103 Å². The number of carbonyl (C=O) groups excluding carboxylic acids is 1. The minimum Gasteiger partial charge on any atom is -0.469 e. The van der Waals surface area contributed by atoms with Gasteiger partial charge in [-0.25, -0.2) is 0 Å². The van der Waals surface area contributed by atoms with Crippen molar-refractivity contribution in [2.75, 3.05) is 26.9 Å². The first kappa shape index (κ1) is 45.0. The van der Waals surface area contributed by atoms with Gasteiger partial charge in [0.2, 0.25) is 0 Å². The van der Waals surface area contributed by atoms with Gasteiger partial charge in [-0.3, -0.25) is 4.79 Å². The number of esters is 1. The summed E-state index contributed by atoms with van der Waals surface area (Å²) in [5.41, 5.74) is 0.547. The fourth-order valence-electron chi connectivity index (χ4n) is 8.63. The molecule has 0 bridgehead atoms. The number of hydrogen-bond acceptors (Lipinski definition) is 10. The summed E-state index contributed by atoms with van der Waals surface area (Å²) in [5.74, 6) is -1.44. The Morgan fingerprint density at radius 1 is 0.981 bits per heavy atom. The summed E-state index contributed by atoms with van der Waals surface area (Å²) in [4.78, 5) is 12.2. The van der Waals surface area contributed by atoms with Gasteiger partial charge in [-0.1, -0.05) is 96.6 Å². The lowest BCUT2D eigenvalue weighted by Crippen LogP contribution is -2.69. The molecule has 4 aliphatic heterocycles. The van der Waals surface area contributed by atoms with Gasteiger partial charge in [-0.2, -0.15) is 0 Å². The van der Waals surface area contributed by atoms with Crippen molar-refractivity contribution < 1.29 is 46.9 Å². The standard InChI is InChI=1S/C41H76O10Si2/c1-26(22-41(19-18-34(43)44-15)45-24-40(13,14)25-46-41)27(2)29(42)20-31-36(51-52(16,17)37(4,5)6)28(3)35-32(48-31)21-30-33(49-35)23-47-53(50-30,38(7,8)9)39(10,11)12/h26,28-33,35-36,42H,2,18-25H2,1,3-17H3/t26-,28+,29-,30-,31+,32+,33-,35+,36?/m1/s1. The van der Waals surface area contributed by atoms with Crippen molar-refractivity contribution in [1.29, 1.82) is 0 Å². The summed E-state index contributed by atoms with van der Waals surface area (Å²) < 4.78 is 52.8. The molecule has 4 saturated heterocycles. The smallest absolute Gasteiger partial charge is 0.349 e. The second kappa shape index (κ2) is 15.9. The summed E-state index contributed by atoms with van der Waals surface area (Å²) >= 11 is 0. The number of aliphatic hydroxyl groups excluding tert-OH is 1. The van der Waals surface area contributed by atoms with E-state index in [0.29, 0.717) is 51.1 Å². The Hall–Kier alpha value is -0.676. The Labute approximate surface area is 324 Å². The largest absolute Gasteiger partial charge is 0.469 e. The van der Waals surface area contributed by atoms with E-state index in [0.717, 1.165) is 0 Å². The molecule has 4 aliphatic rings. The molecule has 0 spiro atoms. The van der Waals surface area contributed by atoms with Gasteiger partial charge < -0.3 is 42.1 Å². The molecule has 0 aliphatic carbocycles. The highest BCUT2D eigenvalue weighted by Gasteiger charge is 2.64. The molecule has 10 nitrogen and oxygen atoms in total. The van der Waals surface area contributed by atoms with Crippen molar-refractivity contribution >= 4 is 22.8 Å². The molecular weight excluding hydrogens is 709 g/mol. The topological polar surface area (TPSA) is 111 Å². The molecule has 4 heterocycles. The first-order valence-corrected chi connectivity index (χ1v) is 24.8. The molecule has 53 heavy (non-hydrogen) atoms. The fraction of sp³-hybridized carbons (Fsp3) is 0.927. The molecule has 4 fully saturated rings. The number of fused-ring (bicyclic) bond motifs is 2. The SMILES string of the molecule is C=C([C@H](C)CC1(CCC(=O)OC)OCC(C)(C)CO1)[C@H](O)C[C@@H]1O[C@H]2C[C@H]3O[Si](C(C)(C)C)(C(C)(C)C)OC[C@H]3O[C@H]2[C@H](C)C1O[Si](C)(C)C(C)(C)C. The van der Waals surface area contributed by atoms with E-state index < -0.39 is 28.8 Å². The highest BCUT2D eigenvalue weighted by Crippen LogP contribution is 2.56. The van der Waals surface area contributed by atoms with E-state index in [4.69, 9.17) is 37.0 Å². The zero-order valence-electron chi connectivity index (χ0n) is 36.2. The Kier molecular flexibility index (Phi) is 13.5. The van der Waals surface area contributed by atoms with E-state index in [-0.39, 0.29) is 81.4 Å². The minimum absolute atomic E-state index is 0.00913. The van der Waals surface area contributed by atoms with Crippen LogP contribution in [-0.4, -0.2) is 103 Å². The summed E-state index contributed by atoms with van der Waals surface area (Å²) in [5, 5.41) is 11.6. The number of ether oxygens (including phenoxy) is 5. The van der Waals surface area contributed by atoms with Crippen molar-refractivity contribution in [2.24, 2.45) is 17.3 Å². The van der Waals surface area contributed by atoms with Crippen LogP contribution in [0.2, 0.25) is 28.2 Å².